The minimum atomic E-state index is -4.37. The molecule has 0 unspecified atom stereocenters. The molecule has 2 N–H and O–H groups in total. The Balaban J connectivity index is 2.46. The third-order valence-electron chi connectivity index (χ3n) is 3.39. The maximum absolute atomic E-state index is 12.5. The predicted octanol–water partition coefficient (Wildman–Crippen LogP) is 2.76. The molecule has 3 amide bonds. The minimum absolute atomic E-state index is 0.0392. The van der Waals surface area contributed by atoms with E-state index in [-0.39, 0.29) is 12.6 Å². The molecule has 0 aromatic heterocycles. The number of hydrogen-bond donors (Lipinski definition) is 2. The number of nitrogens with one attached hydrogen (secondary N) is 2. The summed E-state index contributed by atoms with van der Waals surface area (Å²) in [6.45, 7) is 3.97. The van der Waals surface area contributed by atoms with Gasteiger partial charge >= 0.3 is 12.2 Å². The average Bonchev–Trinajstić information content (AvgIpc) is 2.45. The molecule has 1 aromatic rings. The first-order chi connectivity index (χ1) is 11.1. The number of carbonyl (C=O) groups excluding carboxylic acids is 2. The molecule has 0 aliphatic carbocycles. The van der Waals surface area contributed by atoms with Gasteiger partial charge < -0.3 is 5.32 Å². The molecule has 0 spiro atoms. The van der Waals surface area contributed by atoms with E-state index in [1.807, 2.05) is 13.8 Å². The highest BCUT2D eigenvalue weighted by Crippen LogP contribution is 2.29. The Morgan fingerprint density at radius 3 is 2.29 bits per heavy atom. The molecule has 1 atom stereocenters. The number of nitrogens with zero attached hydrogens (tertiary/aromatic N) is 1. The van der Waals surface area contributed by atoms with Crippen LogP contribution in [0.1, 0.15) is 31.4 Å². The van der Waals surface area contributed by atoms with Crippen LogP contribution in [0.4, 0.5) is 18.0 Å². The third-order valence-corrected chi connectivity index (χ3v) is 3.39. The highest BCUT2D eigenvalue weighted by atomic mass is 19.4. The number of amides is 3. The monoisotopic (exact) mass is 345 g/mol. The van der Waals surface area contributed by atoms with Crippen LogP contribution in [0.15, 0.2) is 24.3 Å². The van der Waals surface area contributed by atoms with Gasteiger partial charge in [0.1, 0.15) is 0 Å². The minimum Gasteiger partial charge on any atom is -0.335 e. The second-order valence-corrected chi connectivity index (χ2v) is 5.70. The molecule has 1 rings (SSSR count). The van der Waals surface area contributed by atoms with Gasteiger partial charge in [-0.3, -0.25) is 15.0 Å². The molecular formula is C16H22F3N3O2. The van der Waals surface area contributed by atoms with Crippen molar-refractivity contribution in [1.82, 2.24) is 15.5 Å². The lowest BCUT2D eigenvalue weighted by molar-refractivity contribution is -0.137. The molecule has 5 nitrogen and oxygen atoms in total. The molecule has 0 radical (unpaired) electrons. The van der Waals surface area contributed by atoms with E-state index in [1.165, 1.54) is 12.1 Å². The number of rotatable bonds is 6. The lowest BCUT2D eigenvalue weighted by atomic mass is 10.1. The van der Waals surface area contributed by atoms with Gasteiger partial charge in [0.15, 0.2) is 0 Å². The fourth-order valence-electron chi connectivity index (χ4n) is 1.94. The zero-order valence-corrected chi connectivity index (χ0v) is 13.9. The summed E-state index contributed by atoms with van der Waals surface area (Å²) in [5, 5.41) is 4.82. The largest absolute Gasteiger partial charge is 0.416 e. The quantitative estimate of drug-likeness (QED) is 0.833. The van der Waals surface area contributed by atoms with E-state index < -0.39 is 23.7 Å². The topological polar surface area (TPSA) is 61.4 Å². The van der Waals surface area contributed by atoms with E-state index >= 15 is 0 Å². The third kappa shape index (κ3) is 6.99. The number of hydrogen-bond acceptors (Lipinski definition) is 3. The van der Waals surface area contributed by atoms with Crippen LogP contribution in [-0.2, 0) is 17.5 Å². The fraction of sp³-hybridized carbons (Fsp3) is 0.500. The Morgan fingerprint density at radius 2 is 1.79 bits per heavy atom. The molecule has 24 heavy (non-hydrogen) atoms. The highest BCUT2D eigenvalue weighted by molar-refractivity contribution is 5.95. The first-order valence-corrected chi connectivity index (χ1v) is 7.56. The van der Waals surface area contributed by atoms with E-state index in [0.29, 0.717) is 12.1 Å². The lowest BCUT2D eigenvalue weighted by Crippen LogP contribution is -2.46. The van der Waals surface area contributed by atoms with Crippen LogP contribution in [0.5, 0.6) is 0 Å². The summed E-state index contributed by atoms with van der Waals surface area (Å²) in [7, 11) is 1.64. The van der Waals surface area contributed by atoms with E-state index in [4.69, 9.17) is 0 Å². The Bertz CT molecular complexity index is 559. The van der Waals surface area contributed by atoms with Gasteiger partial charge in [-0.2, -0.15) is 13.2 Å². The number of likely N-dealkylation sites (N-methyl/N-ethyl adjacent to an activating group) is 1. The molecule has 0 aliphatic rings. The predicted molar refractivity (Wildman–Crippen MR) is 84.2 cm³/mol. The van der Waals surface area contributed by atoms with Gasteiger partial charge in [-0.25, -0.2) is 4.79 Å². The van der Waals surface area contributed by atoms with Gasteiger partial charge in [-0.15, -0.1) is 0 Å². The molecule has 1 aromatic carbocycles. The first kappa shape index (κ1) is 20.0. The van der Waals surface area contributed by atoms with Gasteiger partial charge in [0.25, 0.3) is 0 Å². The van der Waals surface area contributed by atoms with Crippen LogP contribution in [0, 0.1) is 0 Å². The standard InChI is InChI=1S/C16H22F3N3O2/c1-4-11(2)20-15(24)21-14(23)10-22(3)9-12-5-7-13(8-6-12)16(17,18)19/h5-8,11H,4,9-10H2,1-3H3,(H2,20,21,23,24)/t11-/m0/s1. The summed E-state index contributed by atoms with van der Waals surface area (Å²) in [6, 6.07) is 4.14. The fourth-order valence-corrected chi connectivity index (χ4v) is 1.94. The highest BCUT2D eigenvalue weighted by Gasteiger charge is 2.29. The molecule has 0 saturated carbocycles. The number of alkyl halides is 3. The molecule has 8 heteroatoms. The van der Waals surface area contributed by atoms with Gasteiger partial charge in [0.05, 0.1) is 12.1 Å². The van der Waals surface area contributed by atoms with E-state index in [2.05, 4.69) is 10.6 Å². The van der Waals surface area contributed by atoms with Crippen LogP contribution in [0.2, 0.25) is 0 Å². The molecule has 134 valence electrons. The van der Waals surface area contributed by atoms with Gasteiger partial charge in [-0.05, 0) is 38.1 Å². The first-order valence-electron chi connectivity index (χ1n) is 7.56. The molecular weight excluding hydrogens is 323 g/mol. The molecule has 0 bridgehead atoms. The number of benzene rings is 1. The summed E-state index contributed by atoms with van der Waals surface area (Å²) < 4.78 is 37.5. The summed E-state index contributed by atoms with van der Waals surface area (Å²) in [4.78, 5) is 24.9. The second kappa shape index (κ2) is 8.68. The van der Waals surface area contributed by atoms with Crippen molar-refractivity contribution in [2.24, 2.45) is 0 Å². The summed E-state index contributed by atoms with van der Waals surface area (Å²) in [5.41, 5.74) is -0.0734. The number of urea groups is 1. The Morgan fingerprint density at radius 1 is 1.21 bits per heavy atom. The van der Waals surface area contributed by atoms with Gasteiger partial charge in [0, 0.05) is 12.6 Å². The second-order valence-electron chi connectivity index (χ2n) is 5.70. The van der Waals surface area contributed by atoms with E-state index in [1.54, 1.807) is 11.9 Å². The van der Waals surface area contributed by atoms with Crippen molar-refractivity contribution in [1.29, 1.82) is 0 Å². The Hall–Kier alpha value is -2.09. The molecule has 0 fully saturated rings. The number of imide groups is 1. The maximum Gasteiger partial charge on any atom is 0.416 e. The Labute approximate surface area is 139 Å². The van der Waals surface area contributed by atoms with Crippen molar-refractivity contribution in [3.63, 3.8) is 0 Å². The van der Waals surface area contributed by atoms with Crippen molar-refractivity contribution >= 4 is 11.9 Å². The summed E-state index contributed by atoms with van der Waals surface area (Å²) in [6.07, 6.45) is -3.62. The zero-order chi connectivity index (χ0) is 18.3. The summed E-state index contributed by atoms with van der Waals surface area (Å²) >= 11 is 0. The lowest BCUT2D eigenvalue weighted by Gasteiger charge is -2.17. The number of halogens is 3. The van der Waals surface area contributed by atoms with Crippen molar-refractivity contribution in [2.45, 2.75) is 39.0 Å². The van der Waals surface area contributed by atoms with Crippen LogP contribution in [0.25, 0.3) is 0 Å². The number of carbonyl (C=O) groups is 2. The van der Waals surface area contributed by atoms with Crippen molar-refractivity contribution in [2.75, 3.05) is 13.6 Å². The van der Waals surface area contributed by atoms with Crippen LogP contribution in [0.3, 0.4) is 0 Å². The maximum atomic E-state index is 12.5. The van der Waals surface area contributed by atoms with Crippen LogP contribution >= 0.6 is 0 Å². The smallest absolute Gasteiger partial charge is 0.335 e. The Kier molecular flexibility index (Phi) is 7.21. The molecule has 0 heterocycles. The van der Waals surface area contributed by atoms with E-state index in [9.17, 15) is 22.8 Å². The van der Waals surface area contributed by atoms with Crippen LogP contribution < -0.4 is 10.6 Å². The van der Waals surface area contributed by atoms with Crippen LogP contribution in [-0.4, -0.2) is 36.5 Å². The van der Waals surface area contributed by atoms with Gasteiger partial charge in [0.2, 0.25) is 5.91 Å². The zero-order valence-electron chi connectivity index (χ0n) is 13.9. The van der Waals surface area contributed by atoms with Crippen molar-refractivity contribution in [3.8, 4) is 0 Å². The normalized spacial score (nSPS) is 12.8. The van der Waals surface area contributed by atoms with E-state index in [0.717, 1.165) is 18.6 Å². The SMILES string of the molecule is CC[C@H](C)NC(=O)NC(=O)CN(C)Cc1ccc(C(F)(F)F)cc1. The summed E-state index contributed by atoms with van der Waals surface area (Å²) in [5.74, 6) is -0.481. The molecule has 0 saturated heterocycles. The van der Waals surface area contributed by atoms with Crippen molar-refractivity contribution < 1.29 is 22.8 Å². The average molecular weight is 345 g/mol. The van der Waals surface area contributed by atoms with Gasteiger partial charge in [-0.1, -0.05) is 19.1 Å². The molecule has 0 aliphatic heterocycles. The van der Waals surface area contributed by atoms with Crippen molar-refractivity contribution in [3.05, 3.63) is 35.4 Å².